The fraction of sp³-hybridized carbons (Fsp3) is 0.833. The Bertz CT molecular complexity index is 514. The number of rotatable bonds is 10. The van der Waals surface area contributed by atoms with Gasteiger partial charge in [-0.1, -0.05) is 6.42 Å². The first-order valence-corrected chi connectivity index (χ1v) is 11.2. The first-order chi connectivity index (χ1) is 12.3. The van der Waals surface area contributed by atoms with Gasteiger partial charge in [0.15, 0.2) is 5.96 Å². The molecule has 0 spiro atoms. The van der Waals surface area contributed by atoms with Gasteiger partial charge in [0, 0.05) is 39.0 Å². The van der Waals surface area contributed by atoms with Crippen LogP contribution in [0.3, 0.4) is 0 Å². The lowest BCUT2D eigenvalue weighted by Gasteiger charge is -2.11. The second-order valence-electron chi connectivity index (χ2n) is 6.49. The van der Waals surface area contributed by atoms with Gasteiger partial charge in [-0.3, -0.25) is 4.99 Å². The summed E-state index contributed by atoms with van der Waals surface area (Å²) in [6.07, 6.45) is 11.5. The summed E-state index contributed by atoms with van der Waals surface area (Å²) in [5.41, 5.74) is 0. The zero-order chi connectivity index (χ0) is 17.7. The van der Waals surface area contributed by atoms with Gasteiger partial charge in [-0.15, -0.1) is 10.2 Å². The number of fused-ring (bicyclic) bond motifs is 1. The Morgan fingerprint density at radius 1 is 1.16 bits per heavy atom. The van der Waals surface area contributed by atoms with E-state index in [1.54, 1.807) is 0 Å². The van der Waals surface area contributed by atoms with Crippen LogP contribution in [0.2, 0.25) is 0 Å². The van der Waals surface area contributed by atoms with Gasteiger partial charge in [-0.25, -0.2) is 0 Å². The Hall–Kier alpha value is -1.24. The Labute approximate surface area is 156 Å². The summed E-state index contributed by atoms with van der Waals surface area (Å²) in [4.78, 5) is 4.69. The molecule has 2 rings (SSSR count). The van der Waals surface area contributed by atoms with Crippen molar-refractivity contribution in [1.82, 2.24) is 25.4 Å². The molecule has 0 unspecified atom stereocenters. The number of aliphatic imine (C=N–C) groups is 1. The van der Waals surface area contributed by atoms with E-state index < -0.39 is 0 Å². The third-order valence-corrected chi connectivity index (χ3v) is 5.12. The van der Waals surface area contributed by atoms with E-state index in [2.05, 4.69) is 38.6 Å². The van der Waals surface area contributed by atoms with Crippen LogP contribution in [0.15, 0.2) is 4.99 Å². The van der Waals surface area contributed by atoms with Crippen molar-refractivity contribution in [3.05, 3.63) is 11.6 Å². The Balaban J connectivity index is 1.73. The lowest BCUT2D eigenvalue weighted by atomic mass is 10.2. The quantitative estimate of drug-likeness (QED) is 0.378. The summed E-state index contributed by atoms with van der Waals surface area (Å²) < 4.78 is 2.34. The molecule has 25 heavy (non-hydrogen) atoms. The summed E-state index contributed by atoms with van der Waals surface area (Å²) in [7, 11) is 0. The van der Waals surface area contributed by atoms with Crippen molar-refractivity contribution >= 4 is 17.7 Å². The summed E-state index contributed by atoms with van der Waals surface area (Å²) in [6.45, 7) is 5.90. The lowest BCUT2D eigenvalue weighted by molar-refractivity contribution is 0.597. The number of unbranched alkanes of at least 4 members (excludes halogenated alkanes) is 1. The highest BCUT2D eigenvalue weighted by Gasteiger charge is 2.13. The number of nitrogens with zero attached hydrogens (tertiary/aromatic N) is 4. The normalized spacial score (nSPS) is 14.9. The molecule has 1 aromatic rings. The van der Waals surface area contributed by atoms with Crippen molar-refractivity contribution < 1.29 is 0 Å². The summed E-state index contributed by atoms with van der Waals surface area (Å²) in [6, 6.07) is 0. The maximum absolute atomic E-state index is 4.69. The maximum Gasteiger partial charge on any atom is 0.191 e. The van der Waals surface area contributed by atoms with Crippen molar-refractivity contribution in [3.8, 4) is 0 Å². The van der Waals surface area contributed by atoms with Gasteiger partial charge in [-0.05, 0) is 51.0 Å². The largest absolute Gasteiger partial charge is 0.357 e. The molecule has 2 heterocycles. The smallest absolute Gasteiger partial charge is 0.191 e. The molecular weight excluding hydrogens is 332 g/mol. The minimum Gasteiger partial charge on any atom is -0.357 e. The van der Waals surface area contributed by atoms with Gasteiger partial charge in [0.2, 0.25) is 0 Å². The van der Waals surface area contributed by atoms with Crippen molar-refractivity contribution in [2.24, 2.45) is 4.99 Å². The SMILES string of the molecule is CCNC(=NCCCc1nnc2n1CCCCC2)NCCCCSC. The fourth-order valence-electron chi connectivity index (χ4n) is 3.08. The molecular formula is C18H34N6S. The molecule has 0 aromatic carbocycles. The molecule has 6 nitrogen and oxygen atoms in total. The van der Waals surface area contributed by atoms with E-state index in [9.17, 15) is 0 Å². The van der Waals surface area contributed by atoms with Gasteiger partial charge in [0.1, 0.15) is 11.6 Å². The Morgan fingerprint density at radius 3 is 2.92 bits per heavy atom. The number of aryl methyl sites for hydroxylation is 2. The lowest BCUT2D eigenvalue weighted by Crippen LogP contribution is -2.37. The predicted molar refractivity (Wildman–Crippen MR) is 107 cm³/mol. The van der Waals surface area contributed by atoms with Crippen LogP contribution in [0.1, 0.15) is 57.1 Å². The van der Waals surface area contributed by atoms with Gasteiger partial charge < -0.3 is 15.2 Å². The molecule has 7 heteroatoms. The van der Waals surface area contributed by atoms with Crippen LogP contribution in [-0.2, 0) is 19.4 Å². The van der Waals surface area contributed by atoms with E-state index in [-0.39, 0.29) is 0 Å². The van der Waals surface area contributed by atoms with Crippen molar-refractivity contribution in [3.63, 3.8) is 0 Å². The summed E-state index contributed by atoms with van der Waals surface area (Å²) >= 11 is 1.91. The van der Waals surface area contributed by atoms with E-state index >= 15 is 0 Å². The predicted octanol–water partition coefficient (Wildman–Crippen LogP) is 2.64. The van der Waals surface area contributed by atoms with E-state index in [1.807, 2.05) is 11.8 Å². The molecule has 1 aliphatic heterocycles. The number of thioether (sulfide) groups is 1. The second-order valence-corrected chi connectivity index (χ2v) is 7.47. The zero-order valence-electron chi connectivity index (χ0n) is 15.9. The molecule has 0 aliphatic carbocycles. The number of hydrogen-bond acceptors (Lipinski definition) is 4. The highest BCUT2D eigenvalue weighted by Crippen LogP contribution is 2.15. The van der Waals surface area contributed by atoms with Crippen LogP contribution >= 0.6 is 11.8 Å². The van der Waals surface area contributed by atoms with E-state index in [4.69, 9.17) is 4.99 Å². The van der Waals surface area contributed by atoms with E-state index in [0.29, 0.717) is 0 Å². The average molecular weight is 367 g/mol. The Kier molecular flexibility index (Phi) is 9.77. The molecule has 1 aliphatic rings. The number of aromatic nitrogens is 3. The molecule has 0 amide bonds. The molecule has 2 N–H and O–H groups in total. The molecule has 0 radical (unpaired) electrons. The maximum atomic E-state index is 4.69. The molecule has 0 saturated carbocycles. The molecule has 142 valence electrons. The highest BCUT2D eigenvalue weighted by atomic mass is 32.2. The molecule has 0 atom stereocenters. The van der Waals surface area contributed by atoms with Crippen LogP contribution in [0.4, 0.5) is 0 Å². The van der Waals surface area contributed by atoms with Crippen LogP contribution < -0.4 is 10.6 Å². The Morgan fingerprint density at radius 2 is 2.08 bits per heavy atom. The van der Waals surface area contributed by atoms with Gasteiger partial charge >= 0.3 is 0 Å². The van der Waals surface area contributed by atoms with Crippen molar-refractivity contribution in [2.75, 3.05) is 31.6 Å². The minimum atomic E-state index is 0.822. The average Bonchev–Trinajstić information content (AvgIpc) is 2.85. The van der Waals surface area contributed by atoms with Crippen LogP contribution in [-0.4, -0.2) is 52.4 Å². The summed E-state index contributed by atoms with van der Waals surface area (Å²) in [5.74, 6) is 4.49. The number of nitrogens with one attached hydrogen (secondary N) is 2. The monoisotopic (exact) mass is 366 g/mol. The van der Waals surface area contributed by atoms with E-state index in [1.165, 1.54) is 43.7 Å². The standard InChI is InChI=1S/C18H34N6S/c1-3-19-18(20-12-6-8-15-25-2)21-13-9-11-17-23-22-16-10-5-4-7-14-24(16)17/h3-15H2,1-2H3,(H2,19,20,21). The van der Waals surface area contributed by atoms with Gasteiger partial charge in [0.25, 0.3) is 0 Å². The molecule has 0 fully saturated rings. The van der Waals surface area contributed by atoms with Crippen LogP contribution in [0.25, 0.3) is 0 Å². The topological polar surface area (TPSA) is 67.1 Å². The second kappa shape index (κ2) is 12.2. The molecule has 1 aromatic heterocycles. The minimum absolute atomic E-state index is 0.822. The van der Waals surface area contributed by atoms with Crippen molar-refractivity contribution in [2.45, 2.75) is 64.8 Å². The molecule has 0 saturated heterocycles. The zero-order valence-corrected chi connectivity index (χ0v) is 16.7. The van der Waals surface area contributed by atoms with Crippen LogP contribution in [0.5, 0.6) is 0 Å². The highest BCUT2D eigenvalue weighted by molar-refractivity contribution is 7.98. The fourth-order valence-corrected chi connectivity index (χ4v) is 3.57. The summed E-state index contributed by atoms with van der Waals surface area (Å²) in [5, 5.41) is 15.5. The number of hydrogen-bond donors (Lipinski definition) is 2. The van der Waals surface area contributed by atoms with Crippen LogP contribution in [0, 0.1) is 0 Å². The first-order valence-electron chi connectivity index (χ1n) is 9.77. The number of guanidine groups is 1. The van der Waals surface area contributed by atoms with Crippen molar-refractivity contribution in [1.29, 1.82) is 0 Å². The first kappa shape index (κ1) is 20.1. The van der Waals surface area contributed by atoms with E-state index in [0.717, 1.165) is 57.2 Å². The third kappa shape index (κ3) is 7.26. The molecule has 0 bridgehead atoms. The van der Waals surface area contributed by atoms with Gasteiger partial charge in [-0.2, -0.15) is 11.8 Å². The third-order valence-electron chi connectivity index (χ3n) is 4.43. The van der Waals surface area contributed by atoms with Gasteiger partial charge in [0.05, 0.1) is 0 Å².